The first kappa shape index (κ1) is 12.3. The quantitative estimate of drug-likeness (QED) is 0.650. The Labute approximate surface area is 90.6 Å². The summed E-state index contributed by atoms with van der Waals surface area (Å²) in [5, 5.41) is 26.6. The molecule has 0 saturated carbocycles. The van der Waals surface area contributed by atoms with E-state index in [1.807, 2.05) is 0 Å². The molecule has 0 heterocycles. The highest BCUT2D eigenvalue weighted by molar-refractivity contribution is 5.71. The monoisotopic (exact) mass is 227 g/mol. The van der Waals surface area contributed by atoms with E-state index in [-0.39, 0.29) is 5.70 Å². The molecule has 1 atom stereocenters. The third-order valence-electron chi connectivity index (χ3n) is 1.83. The minimum atomic E-state index is -1.30. The van der Waals surface area contributed by atoms with Crippen molar-refractivity contribution in [3.63, 3.8) is 0 Å². The summed E-state index contributed by atoms with van der Waals surface area (Å²) < 4.78 is 12.6. The molecular weight excluding hydrogens is 217 g/mol. The van der Waals surface area contributed by atoms with Gasteiger partial charge in [-0.15, -0.1) is 0 Å². The molecule has 0 aliphatic carbocycles. The SMILES string of the molecule is O=C(O)C/C(=C/c1ccc(F)cc1)[NH+]([O-])O. The lowest BCUT2D eigenvalue weighted by molar-refractivity contribution is -1.01. The lowest BCUT2D eigenvalue weighted by Crippen LogP contribution is -3.02. The van der Waals surface area contributed by atoms with Crippen LogP contribution in [0.25, 0.3) is 6.08 Å². The van der Waals surface area contributed by atoms with Crippen LogP contribution in [0.15, 0.2) is 30.0 Å². The molecule has 0 aliphatic rings. The van der Waals surface area contributed by atoms with Crippen molar-refractivity contribution in [3.8, 4) is 0 Å². The van der Waals surface area contributed by atoms with Crippen LogP contribution < -0.4 is 5.23 Å². The maximum atomic E-state index is 12.6. The van der Waals surface area contributed by atoms with Gasteiger partial charge in [0, 0.05) is 6.08 Å². The molecule has 0 aromatic heterocycles. The van der Waals surface area contributed by atoms with Crippen LogP contribution in [0.2, 0.25) is 0 Å². The Balaban J connectivity index is 2.93. The summed E-state index contributed by atoms with van der Waals surface area (Å²) in [6.07, 6.45) is 0.628. The zero-order valence-corrected chi connectivity index (χ0v) is 8.18. The van der Waals surface area contributed by atoms with E-state index in [2.05, 4.69) is 0 Å². The summed E-state index contributed by atoms with van der Waals surface area (Å²) in [6, 6.07) is 5.10. The van der Waals surface area contributed by atoms with E-state index in [0.29, 0.717) is 5.56 Å². The number of hydroxylamine groups is 2. The minimum absolute atomic E-state index is 0.251. The number of quaternary nitrogens is 1. The summed E-state index contributed by atoms with van der Waals surface area (Å²) in [6.45, 7) is 0. The maximum Gasteiger partial charge on any atom is 0.313 e. The van der Waals surface area contributed by atoms with Gasteiger partial charge in [0.15, 0.2) is 5.70 Å². The van der Waals surface area contributed by atoms with E-state index in [1.54, 1.807) is 0 Å². The fraction of sp³-hybridized carbons (Fsp3) is 0.100. The Hall–Kier alpha value is -1.76. The highest BCUT2D eigenvalue weighted by atomic mass is 19.1. The molecule has 0 amide bonds. The van der Waals surface area contributed by atoms with Crippen LogP contribution in [-0.4, -0.2) is 16.3 Å². The van der Waals surface area contributed by atoms with E-state index in [1.165, 1.54) is 30.3 Å². The van der Waals surface area contributed by atoms with Crippen molar-refractivity contribution in [1.82, 2.24) is 0 Å². The number of carbonyl (C=O) groups is 1. The molecule has 1 aromatic rings. The Kier molecular flexibility index (Phi) is 4.12. The molecule has 0 saturated heterocycles. The normalized spacial score (nSPS) is 13.6. The Morgan fingerprint density at radius 3 is 2.44 bits per heavy atom. The topological polar surface area (TPSA) is 85.0 Å². The molecule has 1 rings (SSSR count). The van der Waals surface area contributed by atoms with Crippen molar-refractivity contribution in [3.05, 3.63) is 46.6 Å². The van der Waals surface area contributed by atoms with Gasteiger partial charge in [-0.05, 0) is 17.7 Å². The van der Waals surface area contributed by atoms with Crippen LogP contribution in [-0.2, 0) is 4.79 Å². The highest BCUT2D eigenvalue weighted by Gasteiger charge is 2.10. The van der Waals surface area contributed by atoms with E-state index >= 15 is 0 Å². The molecule has 16 heavy (non-hydrogen) atoms. The van der Waals surface area contributed by atoms with Gasteiger partial charge in [0.1, 0.15) is 12.2 Å². The zero-order chi connectivity index (χ0) is 12.1. The molecule has 1 aromatic carbocycles. The van der Waals surface area contributed by atoms with Crippen molar-refractivity contribution in [2.24, 2.45) is 0 Å². The molecular formula is C10H10FNO4. The standard InChI is InChI=1S/C10H10FNO4/c11-8-3-1-7(2-4-8)5-9(12(15)16)6-10(13)14/h1-5,12,15H,6H2,(H,13,14)/b9-5-. The number of hydrogen-bond acceptors (Lipinski definition) is 3. The predicted molar refractivity (Wildman–Crippen MR) is 52.7 cm³/mol. The second-order valence-electron chi connectivity index (χ2n) is 3.10. The fourth-order valence-electron chi connectivity index (χ4n) is 1.11. The Morgan fingerprint density at radius 2 is 2.00 bits per heavy atom. The first-order valence-corrected chi connectivity index (χ1v) is 4.40. The minimum Gasteiger partial charge on any atom is -0.595 e. The summed E-state index contributed by atoms with van der Waals surface area (Å²) in [4.78, 5) is 10.4. The van der Waals surface area contributed by atoms with Gasteiger partial charge < -0.3 is 10.3 Å². The number of halogens is 1. The molecule has 6 heteroatoms. The van der Waals surface area contributed by atoms with Gasteiger partial charge in [-0.25, -0.2) is 9.60 Å². The molecule has 3 N–H and O–H groups in total. The van der Waals surface area contributed by atoms with Gasteiger partial charge in [-0.1, -0.05) is 12.1 Å². The fourth-order valence-corrected chi connectivity index (χ4v) is 1.11. The average Bonchev–Trinajstić information content (AvgIpc) is 2.19. The van der Waals surface area contributed by atoms with E-state index in [9.17, 15) is 14.4 Å². The van der Waals surface area contributed by atoms with Crippen molar-refractivity contribution in [2.75, 3.05) is 0 Å². The first-order valence-electron chi connectivity index (χ1n) is 4.40. The highest BCUT2D eigenvalue weighted by Crippen LogP contribution is 2.07. The number of carboxylic acids is 1. The summed E-state index contributed by atoms with van der Waals surface area (Å²) in [5.74, 6) is -1.66. The van der Waals surface area contributed by atoms with Crippen LogP contribution in [0.5, 0.6) is 0 Å². The zero-order valence-electron chi connectivity index (χ0n) is 8.18. The number of aliphatic carboxylic acids is 1. The molecule has 86 valence electrons. The van der Waals surface area contributed by atoms with Crippen LogP contribution >= 0.6 is 0 Å². The van der Waals surface area contributed by atoms with Gasteiger partial charge in [0.05, 0.1) is 0 Å². The van der Waals surface area contributed by atoms with Crippen LogP contribution in [0.4, 0.5) is 4.39 Å². The van der Waals surface area contributed by atoms with Crippen molar-refractivity contribution in [1.29, 1.82) is 0 Å². The van der Waals surface area contributed by atoms with Gasteiger partial charge in [-0.3, -0.25) is 4.79 Å². The number of rotatable bonds is 4. The number of hydrogen-bond donors (Lipinski definition) is 3. The average molecular weight is 227 g/mol. The van der Waals surface area contributed by atoms with E-state index in [0.717, 1.165) is 0 Å². The van der Waals surface area contributed by atoms with Gasteiger partial charge in [0.25, 0.3) is 0 Å². The first-order chi connectivity index (χ1) is 7.49. The van der Waals surface area contributed by atoms with E-state index < -0.39 is 23.4 Å². The Morgan fingerprint density at radius 1 is 1.44 bits per heavy atom. The van der Waals surface area contributed by atoms with Crippen LogP contribution in [0.1, 0.15) is 12.0 Å². The number of benzene rings is 1. The number of nitrogens with one attached hydrogen (secondary N) is 1. The summed E-state index contributed by atoms with van der Waals surface area (Å²) in [5.41, 5.74) is 0.194. The molecule has 0 bridgehead atoms. The molecule has 1 unspecified atom stereocenters. The molecule has 0 fully saturated rings. The predicted octanol–water partition coefficient (Wildman–Crippen LogP) is 0.413. The summed E-state index contributed by atoms with van der Waals surface area (Å²) >= 11 is 0. The largest absolute Gasteiger partial charge is 0.595 e. The van der Waals surface area contributed by atoms with Crippen LogP contribution in [0, 0.1) is 11.0 Å². The maximum absolute atomic E-state index is 12.6. The second kappa shape index (κ2) is 5.36. The molecule has 0 radical (unpaired) electrons. The third kappa shape index (κ3) is 3.77. The lowest BCUT2D eigenvalue weighted by atomic mass is 10.1. The van der Waals surface area contributed by atoms with E-state index in [4.69, 9.17) is 10.3 Å². The molecule has 5 nitrogen and oxygen atoms in total. The molecule has 0 spiro atoms. The van der Waals surface area contributed by atoms with Gasteiger partial charge in [-0.2, -0.15) is 5.23 Å². The van der Waals surface area contributed by atoms with Crippen molar-refractivity contribution < 1.29 is 24.7 Å². The smallest absolute Gasteiger partial charge is 0.313 e. The summed E-state index contributed by atoms with van der Waals surface area (Å²) in [7, 11) is 0. The van der Waals surface area contributed by atoms with Crippen molar-refractivity contribution in [2.45, 2.75) is 6.42 Å². The Bertz CT molecular complexity index is 400. The third-order valence-corrected chi connectivity index (χ3v) is 1.83. The van der Waals surface area contributed by atoms with Crippen LogP contribution in [0.3, 0.4) is 0 Å². The lowest BCUT2D eigenvalue weighted by Gasteiger charge is -2.13. The number of carboxylic acid groups (broad SMARTS) is 1. The van der Waals surface area contributed by atoms with Gasteiger partial charge in [0.2, 0.25) is 0 Å². The van der Waals surface area contributed by atoms with Gasteiger partial charge >= 0.3 is 5.97 Å². The second-order valence-corrected chi connectivity index (χ2v) is 3.10. The van der Waals surface area contributed by atoms with Crippen molar-refractivity contribution >= 4 is 12.0 Å². The molecule has 0 aliphatic heterocycles.